The number of unbranched alkanes of at least 4 members (excludes halogenated alkanes) is 36. The molecule has 0 aromatic carbocycles. The maximum atomic E-state index is 12.9. The van der Waals surface area contributed by atoms with Gasteiger partial charge in [-0.05, 0) is 109 Å². The zero-order valence-corrected chi connectivity index (χ0v) is 53.5. The minimum Gasteiger partial charge on any atom is -0.462 e. The number of carbonyl (C=O) groups excluding carboxylic acids is 3. The molecule has 0 N–H and O–H groups in total. The van der Waals surface area contributed by atoms with E-state index in [-0.39, 0.29) is 37.5 Å². The number of ether oxygens (including phenoxy) is 3. The average molecular weight is 1130 g/mol. The van der Waals surface area contributed by atoms with Gasteiger partial charge in [-0.3, -0.25) is 14.4 Å². The fraction of sp³-hybridized carbons (Fsp3) is 0.747. The largest absolute Gasteiger partial charge is 0.462 e. The Morgan fingerprint density at radius 2 is 0.506 bits per heavy atom. The molecule has 0 saturated carbocycles. The SMILES string of the molecule is CC/C=C\C/C=C\C/C=C\C/C=C\CCC(=O)OCC(COC(=O)CCCCCCCCCCCCCCC/C=C\C/C=C\CCCCCCC)OC(=O)CCCCCCCCCCCCCCC/C=C\C/C=C\CCCCCCC. The van der Waals surface area contributed by atoms with Gasteiger partial charge in [-0.15, -0.1) is 0 Å². The quantitative estimate of drug-likeness (QED) is 0.0261. The molecule has 0 amide bonds. The van der Waals surface area contributed by atoms with Gasteiger partial charge in [0.25, 0.3) is 0 Å². The highest BCUT2D eigenvalue weighted by molar-refractivity contribution is 5.71. The summed E-state index contributed by atoms with van der Waals surface area (Å²) < 4.78 is 16.9. The van der Waals surface area contributed by atoms with Crippen molar-refractivity contribution in [3.63, 3.8) is 0 Å². The van der Waals surface area contributed by atoms with E-state index in [0.29, 0.717) is 19.3 Å². The van der Waals surface area contributed by atoms with E-state index in [2.05, 4.69) is 112 Å². The van der Waals surface area contributed by atoms with Crippen LogP contribution in [0, 0.1) is 0 Å². The average Bonchev–Trinajstić information content (AvgIpc) is 3.46. The van der Waals surface area contributed by atoms with E-state index in [0.717, 1.165) is 77.0 Å². The second-order valence-electron chi connectivity index (χ2n) is 23.1. The Kier molecular flexibility index (Phi) is 65.7. The monoisotopic (exact) mass is 1130 g/mol. The van der Waals surface area contributed by atoms with Gasteiger partial charge in [-0.25, -0.2) is 0 Å². The van der Waals surface area contributed by atoms with Crippen LogP contribution < -0.4 is 0 Å². The maximum Gasteiger partial charge on any atom is 0.306 e. The van der Waals surface area contributed by atoms with Crippen LogP contribution in [0.4, 0.5) is 0 Å². The lowest BCUT2D eigenvalue weighted by molar-refractivity contribution is -0.166. The summed E-state index contributed by atoms with van der Waals surface area (Å²) in [5, 5.41) is 0. The third kappa shape index (κ3) is 67.0. The zero-order chi connectivity index (χ0) is 58.5. The fourth-order valence-electron chi connectivity index (χ4n) is 9.87. The van der Waals surface area contributed by atoms with Gasteiger partial charge in [0.2, 0.25) is 0 Å². The van der Waals surface area contributed by atoms with Gasteiger partial charge < -0.3 is 14.2 Å². The van der Waals surface area contributed by atoms with E-state index in [1.54, 1.807) is 0 Å². The van der Waals surface area contributed by atoms with Gasteiger partial charge in [0.15, 0.2) is 6.10 Å². The lowest BCUT2D eigenvalue weighted by Crippen LogP contribution is -2.30. The van der Waals surface area contributed by atoms with Crippen LogP contribution in [0.5, 0.6) is 0 Å². The Morgan fingerprint density at radius 3 is 0.827 bits per heavy atom. The number of allylic oxidation sites excluding steroid dienone is 16. The molecule has 81 heavy (non-hydrogen) atoms. The van der Waals surface area contributed by atoms with E-state index in [4.69, 9.17) is 14.2 Å². The molecule has 0 saturated heterocycles. The van der Waals surface area contributed by atoms with E-state index in [1.165, 1.54) is 218 Å². The minimum absolute atomic E-state index is 0.0985. The normalized spacial score (nSPS) is 12.7. The molecule has 466 valence electrons. The molecule has 6 nitrogen and oxygen atoms in total. The molecule has 1 unspecified atom stereocenters. The smallest absolute Gasteiger partial charge is 0.306 e. The lowest BCUT2D eigenvalue weighted by atomic mass is 10.0. The predicted octanol–water partition coefficient (Wildman–Crippen LogP) is 24.0. The number of hydrogen-bond acceptors (Lipinski definition) is 6. The molecule has 0 bridgehead atoms. The van der Waals surface area contributed by atoms with Crippen LogP contribution in [0.2, 0.25) is 0 Å². The fourth-order valence-corrected chi connectivity index (χ4v) is 9.87. The highest BCUT2D eigenvalue weighted by Crippen LogP contribution is 2.17. The first-order chi connectivity index (χ1) is 40.0. The van der Waals surface area contributed by atoms with E-state index in [1.807, 2.05) is 6.08 Å². The van der Waals surface area contributed by atoms with Crippen molar-refractivity contribution in [2.24, 2.45) is 0 Å². The highest BCUT2D eigenvalue weighted by Gasteiger charge is 2.19. The first kappa shape index (κ1) is 77.3. The Bertz CT molecular complexity index is 1580. The summed E-state index contributed by atoms with van der Waals surface area (Å²) in [5.74, 6) is -0.972. The molecule has 6 heteroatoms. The Balaban J connectivity index is 4.31. The van der Waals surface area contributed by atoms with Crippen molar-refractivity contribution in [3.8, 4) is 0 Å². The molecule has 0 aliphatic rings. The van der Waals surface area contributed by atoms with Crippen LogP contribution in [-0.2, 0) is 28.6 Å². The van der Waals surface area contributed by atoms with Gasteiger partial charge in [-0.1, -0.05) is 311 Å². The molecule has 0 spiro atoms. The Labute approximate surface area is 502 Å². The first-order valence-electron chi connectivity index (χ1n) is 34.7. The number of carbonyl (C=O) groups is 3. The molecule has 0 fully saturated rings. The Hall–Kier alpha value is -3.67. The van der Waals surface area contributed by atoms with Crippen LogP contribution in [-0.4, -0.2) is 37.2 Å². The van der Waals surface area contributed by atoms with Crippen molar-refractivity contribution < 1.29 is 28.6 Å². The number of esters is 3. The Morgan fingerprint density at radius 1 is 0.259 bits per heavy atom. The van der Waals surface area contributed by atoms with Gasteiger partial charge in [0.05, 0.1) is 0 Å². The molecule has 0 aromatic rings. The zero-order valence-electron chi connectivity index (χ0n) is 53.5. The van der Waals surface area contributed by atoms with E-state index in [9.17, 15) is 14.4 Å². The summed E-state index contributed by atoms with van der Waals surface area (Å²) >= 11 is 0. The van der Waals surface area contributed by atoms with Crippen LogP contribution in [0.15, 0.2) is 97.2 Å². The third-order valence-electron chi connectivity index (χ3n) is 15.1. The van der Waals surface area contributed by atoms with Gasteiger partial charge in [-0.2, -0.15) is 0 Å². The maximum absolute atomic E-state index is 12.9. The van der Waals surface area contributed by atoms with Gasteiger partial charge >= 0.3 is 17.9 Å². The van der Waals surface area contributed by atoms with Crippen molar-refractivity contribution in [1.82, 2.24) is 0 Å². The van der Waals surface area contributed by atoms with Crippen LogP contribution in [0.3, 0.4) is 0 Å². The molecule has 0 radical (unpaired) electrons. The second kappa shape index (κ2) is 68.8. The second-order valence-corrected chi connectivity index (χ2v) is 23.1. The minimum atomic E-state index is -0.809. The van der Waals surface area contributed by atoms with Crippen molar-refractivity contribution >= 4 is 17.9 Å². The highest BCUT2D eigenvalue weighted by atomic mass is 16.6. The summed E-state index contributed by atoms with van der Waals surface area (Å²) in [6.45, 7) is 6.48. The molecule has 0 aliphatic heterocycles. The molecule has 0 aromatic heterocycles. The number of rotatable bonds is 63. The van der Waals surface area contributed by atoms with E-state index < -0.39 is 6.10 Å². The molecule has 0 heterocycles. The number of hydrogen-bond donors (Lipinski definition) is 0. The van der Waals surface area contributed by atoms with Crippen LogP contribution in [0.25, 0.3) is 0 Å². The van der Waals surface area contributed by atoms with Gasteiger partial charge in [0, 0.05) is 19.3 Å². The molecular formula is C75H130O6. The van der Waals surface area contributed by atoms with E-state index >= 15 is 0 Å². The van der Waals surface area contributed by atoms with Crippen molar-refractivity contribution in [3.05, 3.63) is 97.2 Å². The van der Waals surface area contributed by atoms with Crippen LogP contribution >= 0.6 is 0 Å². The molecular weight excluding hydrogens is 997 g/mol. The summed E-state index contributed by atoms with van der Waals surface area (Å²) in [4.78, 5) is 38.4. The summed E-state index contributed by atoms with van der Waals surface area (Å²) in [7, 11) is 0. The summed E-state index contributed by atoms with van der Waals surface area (Å²) in [5.41, 5.74) is 0. The van der Waals surface area contributed by atoms with Crippen LogP contribution in [0.1, 0.15) is 342 Å². The lowest BCUT2D eigenvalue weighted by Gasteiger charge is -2.18. The topological polar surface area (TPSA) is 78.9 Å². The standard InChI is InChI=1S/C75H130O6/c1-4-7-10-13-16-19-22-25-27-29-31-33-35-37-39-41-43-45-47-50-53-56-59-62-65-68-74(77)80-71-72(70-79-73(76)67-64-61-58-55-52-49-24-21-18-15-12-9-6-3)81-75(78)69-66-63-60-57-54-51-48-46-44-42-40-38-36-34-32-30-28-26-23-20-17-14-11-8-5-2/h9,12,18,21-23,25-26,29-32,49,52,58,61,72H,4-8,10-11,13-17,19-20,24,27-28,33-48,50-51,53-57,59-60,62-71H2,1-3H3/b12-9-,21-18-,25-22-,26-23-,31-29-,32-30-,52-49-,61-58-. The summed E-state index contributed by atoms with van der Waals surface area (Å²) in [6.07, 6.45) is 93.1. The van der Waals surface area contributed by atoms with Crippen molar-refractivity contribution in [1.29, 1.82) is 0 Å². The molecule has 1 atom stereocenters. The third-order valence-corrected chi connectivity index (χ3v) is 15.1. The van der Waals surface area contributed by atoms with Crippen molar-refractivity contribution in [2.75, 3.05) is 13.2 Å². The molecule has 0 rings (SSSR count). The summed E-state index contributed by atoms with van der Waals surface area (Å²) in [6, 6.07) is 0. The van der Waals surface area contributed by atoms with Crippen molar-refractivity contribution in [2.45, 2.75) is 348 Å². The first-order valence-corrected chi connectivity index (χ1v) is 34.7. The molecule has 0 aliphatic carbocycles. The van der Waals surface area contributed by atoms with Gasteiger partial charge in [0.1, 0.15) is 13.2 Å². The predicted molar refractivity (Wildman–Crippen MR) is 353 cm³/mol.